The summed E-state index contributed by atoms with van der Waals surface area (Å²) in [7, 11) is 3.91. The number of carbonyl (C=O) groups is 1. The summed E-state index contributed by atoms with van der Waals surface area (Å²) in [6.45, 7) is 7.77. The van der Waals surface area contributed by atoms with E-state index >= 15 is 0 Å². The van der Waals surface area contributed by atoms with Crippen molar-refractivity contribution in [2.24, 2.45) is 0 Å². The predicted molar refractivity (Wildman–Crippen MR) is 53.5 cm³/mol. The summed E-state index contributed by atoms with van der Waals surface area (Å²) in [5.41, 5.74) is 0. The number of ether oxygens (including phenoxy) is 1. The van der Waals surface area contributed by atoms with E-state index in [9.17, 15) is 4.79 Å². The summed E-state index contributed by atoms with van der Waals surface area (Å²) in [4.78, 5) is 12.9. The van der Waals surface area contributed by atoms with Gasteiger partial charge in [-0.15, -0.1) is 0 Å². The van der Waals surface area contributed by atoms with Gasteiger partial charge in [0.05, 0.1) is 5.76 Å². The van der Waals surface area contributed by atoms with E-state index in [-0.39, 0.29) is 11.9 Å². The first-order valence-corrected chi connectivity index (χ1v) is 4.38. The Kier molecular flexibility index (Phi) is 5.39. The Morgan fingerprint density at radius 1 is 1.46 bits per heavy atom. The Balaban J connectivity index is 4.02. The molecule has 0 aromatic rings. The van der Waals surface area contributed by atoms with Crippen LogP contribution in [0.2, 0.25) is 0 Å². The van der Waals surface area contributed by atoms with E-state index in [4.69, 9.17) is 4.74 Å². The van der Waals surface area contributed by atoms with Gasteiger partial charge in [-0.1, -0.05) is 6.58 Å². The maximum atomic E-state index is 10.9. The zero-order chi connectivity index (χ0) is 10.4. The monoisotopic (exact) mass is 185 g/mol. The quantitative estimate of drug-likeness (QED) is 0.586. The molecule has 76 valence electrons. The molecule has 13 heavy (non-hydrogen) atoms. The Morgan fingerprint density at radius 3 is 2.31 bits per heavy atom. The van der Waals surface area contributed by atoms with Crippen molar-refractivity contribution in [2.45, 2.75) is 26.4 Å². The zero-order valence-electron chi connectivity index (χ0n) is 8.96. The number of Topliss-reactive ketones (excluding diaryl/α,β-unsaturated/α-hetero) is 1. The topological polar surface area (TPSA) is 29.5 Å². The number of rotatable bonds is 6. The molecular weight excluding hydrogens is 166 g/mol. The second kappa shape index (κ2) is 5.75. The number of ketones is 1. The molecule has 0 fully saturated rings. The molecule has 0 aliphatic carbocycles. The molecule has 0 bridgehead atoms. The van der Waals surface area contributed by atoms with E-state index in [0.29, 0.717) is 12.2 Å². The molecule has 0 saturated carbocycles. The lowest BCUT2D eigenvalue weighted by molar-refractivity contribution is -0.119. The van der Waals surface area contributed by atoms with E-state index in [0.717, 1.165) is 6.54 Å². The molecule has 0 spiro atoms. The standard InChI is InChI=1S/C10H19NO2/c1-8(2)13-10(6-9(3)12)7-11(4)5/h10H,1,6-7H2,2-5H3. The maximum Gasteiger partial charge on any atom is 0.133 e. The van der Waals surface area contributed by atoms with Crippen molar-refractivity contribution in [3.8, 4) is 0 Å². The van der Waals surface area contributed by atoms with Gasteiger partial charge in [0.25, 0.3) is 0 Å². The molecule has 0 saturated heterocycles. The van der Waals surface area contributed by atoms with Gasteiger partial charge >= 0.3 is 0 Å². The predicted octanol–water partition coefficient (Wildman–Crippen LogP) is 1.45. The molecule has 0 rings (SSSR count). The fraction of sp³-hybridized carbons (Fsp3) is 0.700. The number of nitrogens with zero attached hydrogens (tertiary/aromatic N) is 1. The Labute approximate surface area is 80.4 Å². The molecule has 1 atom stereocenters. The van der Waals surface area contributed by atoms with E-state index in [2.05, 4.69) is 6.58 Å². The van der Waals surface area contributed by atoms with Crippen LogP contribution in [0.25, 0.3) is 0 Å². The van der Waals surface area contributed by atoms with Gasteiger partial charge in [0, 0.05) is 13.0 Å². The largest absolute Gasteiger partial charge is 0.494 e. The average molecular weight is 185 g/mol. The number of hydrogen-bond donors (Lipinski definition) is 0. The molecule has 0 heterocycles. The SMILES string of the molecule is C=C(C)OC(CC(C)=O)CN(C)C. The molecule has 0 aliphatic rings. The molecule has 1 unspecified atom stereocenters. The van der Waals surface area contributed by atoms with Crippen LogP contribution < -0.4 is 0 Å². The lowest BCUT2D eigenvalue weighted by Crippen LogP contribution is -2.29. The Hall–Kier alpha value is -0.830. The number of carbonyl (C=O) groups excluding carboxylic acids is 1. The van der Waals surface area contributed by atoms with Crippen LogP contribution in [0, 0.1) is 0 Å². The number of allylic oxidation sites excluding steroid dienone is 1. The van der Waals surface area contributed by atoms with Crippen LogP contribution in [-0.4, -0.2) is 37.4 Å². The third-order valence-corrected chi connectivity index (χ3v) is 1.45. The summed E-state index contributed by atoms with van der Waals surface area (Å²) < 4.78 is 5.42. The van der Waals surface area contributed by atoms with Gasteiger partial charge in [-0.25, -0.2) is 0 Å². The summed E-state index contributed by atoms with van der Waals surface area (Å²) >= 11 is 0. The molecule has 0 aromatic carbocycles. The van der Waals surface area contributed by atoms with Gasteiger partial charge in [0.1, 0.15) is 11.9 Å². The minimum Gasteiger partial charge on any atom is -0.494 e. The molecule has 0 amide bonds. The summed E-state index contributed by atoms with van der Waals surface area (Å²) in [6.07, 6.45) is 0.385. The van der Waals surface area contributed by atoms with Gasteiger partial charge in [0.15, 0.2) is 0 Å². The first-order chi connectivity index (χ1) is 5.91. The van der Waals surface area contributed by atoms with Crippen molar-refractivity contribution >= 4 is 5.78 Å². The van der Waals surface area contributed by atoms with Gasteiger partial charge in [-0.3, -0.25) is 4.79 Å². The molecule has 0 N–H and O–H groups in total. The maximum absolute atomic E-state index is 10.9. The molecule has 3 nitrogen and oxygen atoms in total. The van der Waals surface area contributed by atoms with Crippen molar-refractivity contribution in [1.82, 2.24) is 4.90 Å². The van der Waals surface area contributed by atoms with E-state index in [1.807, 2.05) is 19.0 Å². The fourth-order valence-corrected chi connectivity index (χ4v) is 1.16. The van der Waals surface area contributed by atoms with Crippen molar-refractivity contribution in [2.75, 3.05) is 20.6 Å². The highest BCUT2D eigenvalue weighted by atomic mass is 16.5. The van der Waals surface area contributed by atoms with Gasteiger partial charge in [-0.05, 0) is 27.9 Å². The summed E-state index contributed by atoms with van der Waals surface area (Å²) in [5, 5.41) is 0. The second-order valence-electron chi connectivity index (χ2n) is 3.61. The molecule has 3 heteroatoms. The van der Waals surface area contributed by atoms with Crippen LogP contribution in [0.15, 0.2) is 12.3 Å². The van der Waals surface area contributed by atoms with Crippen LogP contribution in [-0.2, 0) is 9.53 Å². The first-order valence-electron chi connectivity index (χ1n) is 4.38. The van der Waals surface area contributed by atoms with Crippen molar-refractivity contribution in [3.63, 3.8) is 0 Å². The molecule has 0 aliphatic heterocycles. The minimum absolute atomic E-state index is 0.0648. The summed E-state index contributed by atoms with van der Waals surface area (Å²) in [6, 6.07) is 0. The highest BCUT2D eigenvalue weighted by Gasteiger charge is 2.13. The fourth-order valence-electron chi connectivity index (χ4n) is 1.16. The van der Waals surface area contributed by atoms with Crippen LogP contribution in [0.1, 0.15) is 20.3 Å². The lowest BCUT2D eigenvalue weighted by atomic mass is 10.2. The van der Waals surface area contributed by atoms with Crippen LogP contribution >= 0.6 is 0 Å². The first kappa shape index (κ1) is 12.2. The smallest absolute Gasteiger partial charge is 0.133 e. The molecule has 0 radical (unpaired) electrons. The van der Waals surface area contributed by atoms with Crippen LogP contribution in [0.5, 0.6) is 0 Å². The van der Waals surface area contributed by atoms with Crippen molar-refractivity contribution in [3.05, 3.63) is 12.3 Å². The van der Waals surface area contributed by atoms with E-state index in [1.165, 1.54) is 0 Å². The molecular formula is C10H19NO2. The average Bonchev–Trinajstić information content (AvgIpc) is 1.80. The highest BCUT2D eigenvalue weighted by molar-refractivity contribution is 5.76. The Bertz CT molecular complexity index is 171. The number of likely N-dealkylation sites (N-methyl/N-ethyl adjacent to an activating group) is 1. The minimum atomic E-state index is -0.0648. The van der Waals surface area contributed by atoms with E-state index < -0.39 is 0 Å². The zero-order valence-corrected chi connectivity index (χ0v) is 8.96. The number of hydrogen-bond acceptors (Lipinski definition) is 3. The van der Waals surface area contributed by atoms with E-state index in [1.54, 1.807) is 13.8 Å². The van der Waals surface area contributed by atoms with Crippen LogP contribution in [0.4, 0.5) is 0 Å². The van der Waals surface area contributed by atoms with Crippen molar-refractivity contribution < 1.29 is 9.53 Å². The highest BCUT2D eigenvalue weighted by Crippen LogP contribution is 2.05. The third kappa shape index (κ3) is 7.53. The third-order valence-electron chi connectivity index (χ3n) is 1.45. The normalized spacial score (nSPS) is 12.7. The second-order valence-corrected chi connectivity index (χ2v) is 3.61. The van der Waals surface area contributed by atoms with Gasteiger partial charge in [0.2, 0.25) is 0 Å². The Morgan fingerprint density at radius 2 is 2.00 bits per heavy atom. The lowest BCUT2D eigenvalue weighted by Gasteiger charge is -2.21. The van der Waals surface area contributed by atoms with Crippen molar-refractivity contribution in [1.29, 1.82) is 0 Å². The van der Waals surface area contributed by atoms with Gasteiger partial charge < -0.3 is 9.64 Å². The van der Waals surface area contributed by atoms with Gasteiger partial charge in [-0.2, -0.15) is 0 Å². The summed E-state index contributed by atoms with van der Waals surface area (Å²) in [5.74, 6) is 0.807. The van der Waals surface area contributed by atoms with Crippen LogP contribution in [0.3, 0.4) is 0 Å². The molecule has 0 aromatic heterocycles.